The van der Waals surface area contributed by atoms with Crippen LogP contribution in [0.15, 0.2) is 36.5 Å². The number of nitrogens with one attached hydrogen (secondary N) is 1. The Balaban J connectivity index is 2.55. The summed E-state index contributed by atoms with van der Waals surface area (Å²) < 4.78 is 11.1. The summed E-state index contributed by atoms with van der Waals surface area (Å²) in [5.74, 6) is -0.203. The van der Waals surface area contributed by atoms with E-state index in [0.29, 0.717) is 6.42 Å². The zero-order valence-corrected chi connectivity index (χ0v) is 28.1. The Bertz CT molecular complexity index is 802. The second kappa shape index (κ2) is 27.5. The highest BCUT2D eigenvalue weighted by molar-refractivity contribution is 5.76. The summed E-state index contributed by atoms with van der Waals surface area (Å²) in [6.45, 7) is 3.64. The minimum absolute atomic E-state index is 0.203. The van der Waals surface area contributed by atoms with Crippen LogP contribution in [0.5, 0.6) is 0 Å². The molecule has 1 aliphatic heterocycles. The molecule has 0 aromatic rings. The van der Waals surface area contributed by atoms with Crippen LogP contribution in [0.4, 0.5) is 0 Å². The average molecular weight is 640 g/mol. The normalized spacial score (nSPS) is 23.8. The van der Waals surface area contributed by atoms with Crippen molar-refractivity contribution < 1.29 is 39.8 Å². The fourth-order valence-corrected chi connectivity index (χ4v) is 5.21. The second-order valence-electron chi connectivity index (χ2n) is 12.3. The summed E-state index contributed by atoms with van der Waals surface area (Å²) in [7, 11) is 0. The molecule has 1 rings (SSSR count). The van der Waals surface area contributed by atoms with Crippen molar-refractivity contribution >= 4 is 5.91 Å². The van der Waals surface area contributed by atoms with Gasteiger partial charge < -0.3 is 40.3 Å². The number of ether oxygens (including phenoxy) is 2. The predicted octanol–water partition coefficient (Wildman–Crippen LogP) is 5.38. The van der Waals surface area contributed by atoms with E-state index in [0.717, 1.165) is 64.2 Å². The lowest BCUT2D eigenvalue weighted by Crippen LogP contribution is -2.60. The van der Waals surface area contributed by atoms with Crippen molar-refractivity contribution in [2.45, 2.75) is 172 Å². The third-order valence-corrected chi connectivity index (χ3v) is 8.19. The molecule has 45 heavy (non-hydrogen) atoms. The van der Waals surface area contributed by atoms with E-state index in [9.17, 15) is 30.3 Å². The van der Waals surface area contributed by atoms with Crippen molar-refractivity contribution in [1.82, 2.24) is 5.32 Å². The van der Waals surface area contributed by atoms with Crippen molar-refractivity contribution in [2.75, 3.05) is 13.2 Å². The number of carbonyl (C=O) groups excluding carboxylic acids is 1. The molecule has 1 aliphatic rings. The van der Waals surface area contributed by atoms with Gasteiger partial charge in [0, 0.05) is 6.42 Å². The number of amides is 1. The number of hydrogen-bond donors (Lipinski definition) is 6. The minimum atomic E-state index is -1.57. The predicted molar refractivity (Wildman–Crippen MR) is 180 cm³/mol. The van der Waals surface area contributed by atoms with E-state index in [4.69, 9.17) is 9.47 Å². The fraction of sp³-hybridized carbons (Fsp3) is 0.806. The van der Waals surface area contributed by atoms with E-state index in [1.807, 2.05) is 6.08 Å². The van der Waals surface area contributed by atoms with Gasteiger partial charge in [-0.25, -0.2) is 0 Å². The molecule has 7 unspecified atom stereocenters. The van der Waals surface area contributed by atoms with Gasteiger partial charge in [-0.1, -0.05) is 108 Å². The van der Waals surface area contributed by atoms with Gasteiger partial charge in [0.25, 0.3) is 0 Å². The van der Waals surface area contributed by atoms with Gasteiger partial charge in [0.05, 0.1) is 25.4 Å². The molecule has 9 heteroatoms. The Morgan fingerprint density at radius 2 is 1.29 bits per heavy atom. The first-order valence-corrected chi connectivity index (χ1v) is 17.7. The van der Waals surface area contributed by atoms with Crippen molar-refractivity contribution in [3.8, 4) is 0 Å². The topological polar surface area (TPSA) is 149 Å². The molecule has 262 valence electrons. The van der Waals surface area contributed by atoms with E-state index >= 15 is 0 Å². The van der Waals surface area contributed by atoms with Crippen LogP contribution in [-0.2, 0) is 14.3 Å². The molecule has 1 heterocycles. The van der Waals surface area contributed by atoms with Crippen molar-refractivity contribution in [3.05, 3.63) is 36.5 Å². The van der Waals surface area contributed by atoms with Crippen LogP contribution < -0.4 is 5.32 Å². The highest BCUT2D eigenvalue weighted by atomic mass is 16.7. The largest absolute Gasteiger partial charge is 0.394 e. The van der Waals surface area contributed by atoms with Crippen LogP contribution in [0.25, 0.3) is 0 Å². The first kappa shape index (κ1) is 41.4. The lowest BCUT2D eigenvalue weighted by Gasteiger charge is -2.40. The van der Waals surface area contributed by atoms with Crippen LogP contribution in [0.1, 0.15) is 129 Å². The summed E-state index contributed by atoms with van der Waals surface area (Å²) >= 11 is 0. The smallest absolute Gasteiger partial charge is 0.220 e. The summed E-state index contributed by atoms with van der Waals surface area (Å²) in [5, 5.41) is 53.7. The minimum Gasteiger partial charge on any atom is -0.394 e. The molecule has 0 saturated carbocycles. The summed E-state index contributed by atoms with van der Waals surface area (Å²) in [5.41, 5.74) is 0. The van der Waals surface area contributed by atoms with Gasteiger partial charge in [-0.05, 0) is 51.4 Å². The SMILES string of the molecule is CCCC/C=C\CCCCCCCC(=O)NC(COC1OC(CO)C(O)C(O)C1O)C(O)/C=C/CC/C=C/CCCCCCC. The highest BCUT2D eigenvalue weighted by Crippen LogP contribution is 2.22. The van der Waals surface area contributed by atoms with Crippen molar-refractivity contribution in [1.29, 1.82) is 0 Å². The first-order valence-electron chi connectivity index (χ1n) is 17.7. The van der Waals surface area contributed by atoms with Crippen LogP contribution >= 0.6 is 0 Å². The fourth-order valence-electron chi connectivity index (χ4n) is 5.21. The highest BCUT2D eigenvalue weighted by Gasteiger charge is 2.44. The number of aliphatic hydroxyl groups excluding tert-OH is 5. The van der Waals surface area contributed by atoms with Gasteiger partial charge in [-0.3, -0.25) is 4.79 Å². The number of carbonyl (C=O) groups is 1. The van der Waals surface area contributed by atoms with Crippen LogP contribution in [-0.4, -0.2) is 87.5 Å². The van der Waals surface area contributed by atoms with Gasteiger partial charge in [-0.15, -0.1) is 0 Å². The molecule has 0 bridgehead atoms. The maximum absolute atomic E-state index is 12.8. The third-order valence-electron chi connectivity index (χ3n) is 8.19. The molecule has 0 aliphatic carbocycles. The van der Waals surface area contributed by atoms with E-state index in [2.05, 4.69) is 43.5 Å². The number of rotatable bonds is 27. The number of unbranched alkanes of at least 4 members (excludes halogenated alkanes) is 13. The van der Waals surface area contributed by atoms with Gasteiger partial charge in [0.1, 0.15) is 24.4 Å². The molecule has 7 atom stereocenters. The monoisotopic (exact) mass is 639 g/mol. The molecular weight excluding hydrogens is 574 g/mol. The van der Waals surface area contributed by atoms with Crippen molar-refractivity contribution in [2.24, 2.45) is 0 Å². The molecule has 6 N–H and O–H groups in total. The summed E-state index contributed by atoms with van der Waals surface area (Å²) in [6.07, 6.45) is 23.4. The van der Waals surface area contributed by atoms with E-state index in [-0.39, 0.29) is 12.5 Å². The Hall–Kier alpha value is -1.59. The van der Waals surface area contributed by atoms with E-state index in [1.54, 1.807) is 6.08 Å². The van der Waals surface area contributed by atoms with Gasteiger partial charge in [-0.2, -0.15) is 0 Å². The molecular formula is C36H65NO8. The van der Waals surface area contributed by atoms with Crippen LogP contribution in [0.2, 0.25) is 0 Å². The summed E-state index contributed by atoms with van der Waals surface area (Å²) in [6, 6.07) is -0.820. The Kier molecular flexibility index (Phi) is 25.3. The molecule has 0 aromatic heterocycles. The number of hydrogen-bond acceptors (Lipinski definition) is 8. The standard InChI is InChI=1S/C36H65NO8/c1-3-5-7-9-11-13-15-17-19-21-23-25-30(39)29(28-44-36-35(43)34(42)33(41)31(27-38)45-36)37-32(40)26-24-22-20-18-16-14-12-10-8-6-4-2/h10,12,15,17,23,25,29-31,33-36,38-39,41-43H,3-9,11,13-14,16,18-22,24,26-28H2,1-2H3,(H,37,40)/b12-10-,17-15+,25-23+. The van der Waals surface area contributed by atoms with E-state index < -0.39 is 49.5 Å². The Morgan fingerprint density at radius 1 is 0.733 bits per heavy atom. The van der Waals surface area contributed by atoms with Gasteiger partial charge >= 0.3 is 0 Å². The zero-order chi connectivity index (χ0) is 33.1. The Morgan fingerprint density at radius 3 is 1.93 bits per heavy atom. The first-order chi connectivity index (χ1) is 21.8. The number of allylic oxidation sites excluding steroid dienone is 5. The molecule has 0 aromatic carbocycles. The molecule has 0 spiro atoms. The van der Waals surface area contributed by atoms with Crippen LogP contribution in [0.3, 0.4) is 0 Å². The lowest BCUT2D eigenvalue weighted by molar-refractivity contribution is -0.302. The Labute approximate surface area is 272 Å². The van der Waals surface area contributed by atoms with Crippen LogP contribution in [0, 0.1) is 0 Å². The van der Waals surface area contributed by atoms with Gasteiger partial charge in [0.15, 0.2) is 6.29 Å². The quantitative estimate of drug-likeness (QED) is 0.0519. The molecule has 0 radical (unpaired) electrons. The number of aliphatic hydroxyl groups is 5. The molecule has 1 fully saturated rings. The average Bonchev–Trinajstić information content (AvgIpc) is 3.04. The molecule has 1 amide bonds. The maximum atomic E-state index is 12.8. The zero-order valence-electron chi connectivity index (χ0n) is 28.1. The molecule has 1 saturated heterocycles. The summed E-state index contributed by atoms with van der Waals surface area (Å²) in [4.78, 5) is 12.8. The maximum Gasteiger partial charge on any atom is 0.220 e. The van der Waals surface area contributed by atoms with E-state index in [1.165, 1.54) is 44.9 Å². The third kappa shape index (κ3) is 19.6. The molecule has 9 nitrogen and oxygen atoms in total. The van der Waals surface area contributed by atoms with Gasteiger partial charge in [0.2, 0.25) is 5.91 Å². The second-order valence-corrected chi connectivity index (χ2v) is 12.3. The lowest BCUT2D eigenvalue weighted by atomic mass is 9.99. The van der Waals surface area contributed by atoms with Crippen molar-refractivity contribution in [3.63, 3.8) is 0 Å².